The summed E-state index contributed by atoms with van der Waals surface area (Å²) in [4.78, 5) is 0. The van der Waals surface area contributed by atoms with Gasteiger partial charge in [0.25, 0.3) is 0 Å². The van der Waals surface area contributed by atoms with Crippen LogP contribution in [0.15, 0.2) is 0 Å². The van der Waals surface area contributed by atoms with E-state index in [2.05, 4.69) is 5.32 Å². The Morgan fingerprint density at radius 3 is 3.00 bits per heavy atom. The van der Waals surface area contributed by atoms with Crippen molar-refractivity contribution >= 4 is 0 Å². The molecule has 1 radical (unpaired) electrons. The lowest BCUT2D eigenvalue weighted by Crippen LogP contribution is -2.54. The second-order valence-electron chi connectivity index (χ2n) is 3.41. The minimum atomic E-state index is -0.103. The van der Waals surface area contributed by atoms with Gasteiger partial charge in [0.1, 0.15) is 6.61 Å². The lowest BCUT2D eigenvalue weighted by Gasteiger charge is -2.44. The Hall–Kier alpha value is -0.120. The molecular weight excluding hydrogens is 142 g/mol. The molecule has 2 aliphatic rings. The molecule has 0 bridgehead atoms. The number of ether oxygens (including phenoxy) is 1. The molecule has 0 aromatic heterocycles. The van der Waals surface area contributed by atoms with Crippen molar-refractivity contribution in [3.8, 4) is 0 Å². The first-order valence-corrected chi connectivity index (χ1v) is 4.33. The Kier molecular flexibility index (Phi) is 1.87. The SMILES string of the molecule is [O]CCOC12CCNC1CC2. The normalized spacial score (nSPS) is 41.7. The Morgan fingerprint density at radius 2 is 2.45 bits per heavy atom. The second-order valence-corrected chi connectivity index (χ2v) is 3.41. The first-order chi connectivity index (χ1) is 5.37. The zero-order valence-corrected chi connectivity index (χ0v) is 6.64. The Balaban J connectivity index is 1.88. The van der Waals surface area contributed by atoms with E-state index in [9.17, 15) is 5.11 Å². The highest BCUT2D eigenvalue weighted by atomic mass is 16.5. The third-order valence-electron chi connectivity index (χ3n) is 2.90. The lowest BCUT2D eigenvalue weighted by molar-refractivity contribution is -0.117. The summed E-state index contributed by atoms with van der Waals surface area (Å²) in [6.07, 6.45) is 3.46. The van der Waals surface area contributed by atoms with Crippen molar-refractivity contribution in [3.05, 3.63) is 0 Å². The standard InChI is InChI=1S/C8H14NO2/c10-5-6-11-8-2-1-7(8)9-4-3-8/h7,9H,1-6H2. The van der Waals surface area contributed by atoms with E-state index >= 15 is 0 Å². The van der Waals surface area contributed by atoms with Gasteiger partial charge in [-0.1, -0.05) is 0 Å². The van der Waals surface area contributed by atoms with Gasteiger partial charge < -0.3 is 10.1 Å². The molecule has 11 heavy (non-hydrogen) atoms. The average molecular weight is 156 g/mol. The molecule has 2 rings (SSSR count). The summed E-state index contributed by atoms with van der Waals surface area (Å²) < 4.78 is 5.56. The van der Waals surface area contributed by atoms with Crippen molar-refractivity contribution < 1.29 is 9.84 Å². The van der Waals surface area contributed by atoms with Crippen LogP contribution in [0.3, 0.4) is 0 Å². The summed E-state index contributed by atoms with van der Waals surface area (Å²) in [6.45, 7) is 1.34. The van der Waals surface area contributed by atoms with E-state index in [0.29, 0.717) is 12.6 Å². The molecule has 1 aliphatic carbocycles. The lowest BCUT2D eigenvalue weighted by atomic mass is 9.75. The van der Waals surface area contributed by atoms with Crippen LogP contribution in [-0.2, 0) is 9.84 Å². The van der Waals surface area contributed by atoms with Gasteiger partial charge >= 0.3 is 0 Å². The maximum atomic E-state index is 10.2. The highest BCUT2D eigenvalue weighted by molar-refractivity contribution is 5.07. The molecule has 2 atom stereocenters. The van der Waals surface area contributed by atoms with Crippen LogP contribution in [0.25, 0.3) is 0 Å². The molecule has 1 saturated heterocycles. The van der Waals surface area contributed by atoms with E-state index in [1.54, 1.807) is 0 Å². The van der Waals surface area contributed by atoms with Crippen LogP contribution in [0.5, 0.6) is 0 Å². The summed E-state index contributed by atoms with van der Waals surface area (Å²) in [6, 6.07) is 0.550. The van der Waals surface area contributed by atoms with Gasteiger partial charge in [0.15, 0.2) is 0 Å². The minimum Gasteiger partial charge on any atom is -0.371 e. The highest BCUT2D eigenvalue weighted by Crippen LogP contribution is 2.42. The van der Waals surface area contributed by atoms with E-state index in [1.165, 1.54) is 6.42 Å². The second kappa shape index (κ2) is 2.73. The maximum absolute atomic E-state index is 10.2. The number of rotatable bonds is 3. The van der Waals surface area contributed by atoms with Gasteiger partial charge in [0.2, 0.25) is 0 Å². The predicted molar refractivity (Wildman–Crippen MR) is 39.9 cm³/mol. The van der Waals surface area contributed by atoms with Crippen LogP contribution in [0.4, 0.5) is 0 Å². The first kappa shape index (κ1) is 7.53. The molecule has 1 saturated carbocycles. The van der Waals surface area contributed by atoms with E-state index in [1.807, 2.05) is 0 Å². The molecule has 63 valence electrons. The molecular formula is C8H14NO2. The minimum absolute atomic E-state index is 0.0738. The monoisotopic (exact) mass is 156 g/mol. The largest absolute Gasteiger partial charge is 0.371 e. The number of nitrogens with one attached hydrogen (secondary N) is 1. The van der Waals surface area contributed by atoms with Gasteiger partial charge in [-0.25, -0.2) is 5.11 Å². The molecule has 2 fully saturated rings. The van der Waals surface area contributed by atoms with Crippen LogP contribution in [0.1, 0.15) is 19.3 Å². The topological polar surface area (TPSA) is 41.2 Å². The molecule has 2 unspecified atom stereocenters. The van der Waals surface area contributed by atoms with E-state index in [4.69, 9.17) is 4.74 Å². The zero-order chi connectivity index (χ0) is 7.73. The predicted octanol–water partition coefficient (Wildman–Crippen LogP) is 0.328. The molecule has 0 aromatic rings. The van der Waals surface area contributed by atoms with Crippen molar-refractivity contribution in [2.24, 2.45) is 0 Å². The van der Waals surface area contributed by atoms with Crippen LogP contribution in [0.2, 0.25) is 0 Å². The summed E-state index contributed by atoms with van der Waals surface area (Å²) >= 11 is 0. The fourth-order valence-corrected chi connectivity index (χ4v) is 2.15. The summed E-state index contributed by atoms with van der Waals surface area (Å²) in [5.41, 5.74) is 0.0738. The van der Waals surface area contributed by atoms with Gasteiger partial charge in [-0.15, -0.1) is 0 Å². The first-order valence-electron chi connectivity index (χ1n) is 4.33. The number of fused-ring (bicyclic) bond motifs is 1. The molecule has 1 N–H and O–H groups in total. The molecule has 3 heteroatoms. The van der Waals surface area contributed by atoms with Crippen molar-refractivity contribution in [3.63, 3.8) is 0 Å². The van der Waals surface area contributed by atoms with Crippen LogP contribution in [-0.4, -0.2) is 31.4 Å². The maximum Gasteiger partial charge on any atom is 0.106 e. The Labute approximate surface area is 66.7 Å². The fraction of sp³-hybridized carbons (Fsp3) is 1.00. The van der Waals surface area contributed by atoms with Gasteiger partial charge in [0.05, 0.1) is 12.2 Å². The van der Waals surface area contributed by atoms with Crippen LogP contribution in [0, 0.1) is 0 Å². The van der Waals surface area contributed by atoms with Crippen molar-refractivity contribution in [2.75, 3.05) is 19.8 Å². The third-order valence-corrected chi connectivity index (χ3v) is 2.90. The Morgan fingerprint density at radius 1 is 1.55 bits per heavy atom. The van der Waals surface area contributed by atoms with Gasteiger partial charge in [-0.2, -0.15) is 0 Å². The Bertz CT molecular complexity index is 151. The average Bonchev–Trinajstić information content (AvgIpc) is 2.26. The van der Waals surface area contributed by atoms with E-state index in [-0.39, 0.29) is 12.2 Å². The zero-order valence-electron chi connectivity index (χ0n) is 6.64. The van der Waals surface area contributed by atoms with Gasteiger partial charge in [-0.05, 0) is 25.8 Å². The van der Waals surface area contributed by atoms with Crippen molar-refractivity contribution in [1.29, 1.82) is 0 Å². The summed E-state index contributed by atoms with van der Waals surface area (Å²) in [5, 5.41) is 13.6. The fourth-order valence-electron chi connectivity index (χ4n) is 2.15. The molecule has 0 aromatic carbocycles. The van der Waals surface area contributed by atoms with Crippen LogP contribution < -0.4 is 5.32 Å². The summed E-state index contributed by atoms with van der Waals surface area (Å²) in [7, 11) is 0. The highest BCUT2D eigenvalue weighted by Gasteiger charge is 2.50. The number of hydrogen-bond donors (Lipinski definition) is 1. The van der Waals surface area contributed by atoms with Crippen LogP contribution >= 0.6 is 0 Å². The summed E-state index contributed by atoms with van der Waals surface area (Å²) in [5.74, 6) is 0. The van der Waals surface area contributed by atoms with Gasteiger partial charge in [0, 0.05) is 6.04 Å². The van der Waals surface area contributed by atoms with Crippen molar-refractivity contribution in [1.82, 2.24) is 5.32 Å². The van der Waals surface area contributed by atoms with Crippen molar-refractivity contribution in [2.45, 2.75) is 30.9 Å². The number of hydrogen-bond acceptors (Lipinski definition) is 2. The molecule has 0 spiro atoms. The quantitative estimate of drug-likeness (QED) is 0.639. The molecule has 3 nitrogen and oxygen atoms in total. The van der Waals surface area contributed by atoms with E-state index < -0.39 is 0 Å². The van der Waals surface area contributed by atoms with E-state index in [0.717, 1.165) is 19.4 Å². The molecule has 1 heterocycles. The smallest absolute Gasteiger partial charge is 0.106 e. The molecule has 1 aliphatic heterocycles. The molecule has 0 amide bonds. The van der Waals surface area contributed by atoms with Gasteiger partial charge in [-0.3, -0.25) is 0 Å². The third kappa shape index (κ3) is 1.08.